The Hall–Kier alpha value is -9.45. The first-order valence-electron chi connectivity index (χ1n) is 23.8. The van der Waals surface area contributed by atoms with Gasteiger partial charge in [0.2, 0.25) is 0 Å². The highest BCUT2D eigenvalue weighted by molar-refractivity contribution is 6.22. The number of fused-ring (bicyclic) bond motifs is 13. The Morgan fingerprint density at radius 1 is 0.243 bits per heavy atom. The third kappa shape index (κ3) is 5.82. The van der Waals surface area contributed by atoms with Crippen molar-refractivity contribution in [2.24, 2.45) is 0 Å². The number of para-hydroxylation sites is 2. The van der Waals surface area contributed by atoms with Crippen LogP contribution in [-0.4, -0.2) is 24.1 Å². The van der Waals surface area contributed by atoms with E-state index in [0.717, 1.165) is 55.3 Å². The van der Waals surface area contributed by atoms with Gasteiger partial charge in [0.05, 0.1) is 22.1 Å². The van der Waals surface area contributed by atoms with Gasteiger partial charge in [0.15, 0.2) is 17.5 Å². The largest absolute Gasteiger partial charge is 0.309 e. The van der Waals surface area contributed by atoms with Gasteiger partial charge in [-0.15, -0.1) is 0 Å². The van der Waals surface area contributed by atoms with E-state index < -0.39 is 0 Å². The fourth-order valence-electron chi connectivity index (χ4n) is 11.3. The molecule has 5 nitrogen and oxygen atoms in total. The molecule has 0 radical (unpaired) electrons. The smallest absolute Gasteiger partial charge is 0.164 e. The molecule has 15 aromatic rings. The highest BCUT2D eigenvalue weighted by Crippen LogP contribution is 2.41. The first-order chi connectivity index (χ1) is 34.7. The van der Waals surface area contributed by atoms with E-state index in [4.69, 9.17) is 15.0 Å². The van der Waals surface area contributed by atoms with Crippen molar-refractivity contribution in [3.8, 4) is 45.5 Å². The highest BCUT2D eigenvalue weighted by Gasteiger charge is 2.20. The summed E-state index contributed by atoms with van der Waals surface area (Å²) in [7, 11) is 0. The van der Waals surface area contributed by atoms with Crippen molar-refractivity contribution >= 4 is 97.5 Å². The van der Waals surface area contributed by atoms with E-state index >= 15 is 0 Å². The van der Waals surface area contributed by atoms with Crippen molar-refractivity contribution in [3.63, 3.8) is 0 Å². The minimum atomic E-state index is 0.629. The minimum Gasteiger partial charge on any atom is -0.309 e. The molecule has 0 saturated heterocycles. The quantitative estimate of drug-likeness (QED) is 0.162. The normalized spacial score (nSPS) is 12.0. The number of hydrogen-bond donors (Lipinski definition) is 0. The summed E-state index contributed by atoms with van der Waals surface area (Å²) in [6.07, 6.45) is 0. The van der Waals surface area contributed by atoms with Crippen LogP contribution in [0.15, 0.2) is 237 Å². The lowest BCUT2D eigenvalue weighted by molar-refractivity contribution is 1.08. The van der Waals surface area contributed by atoms with Gasteiger partial charge in [-0.25, -0.2) is 15.0 Å². The topological polar surface area (TPSA) is 48.5 Å². The molecule has 0 aliphatic carbocycles. The van der Waals surface area contributed by atoms with Crippen LogP contribution in [0.3, 0.4) is 0 Å². The molecule has 12 aromatic carbocycles. The summed E-state index contributed by atoms with van der Waals surface area (Å²) in [6, 6.07) is 85.3. The van der Waals surface area contributed by atoms with Gasteiger partial charge < -0.3 is 9.13 Å². The van der Waals surface area contributed by atoms with E-state index in [1.165, 1.54) is 70.3 Å². The monoisotopic (exact) mass is 889 g/mol. The maximum absolute atomic E-state index is 5.35. The number of benzene rings is 12. The van der Waals surface area contributed by atoms with Crippen LogP contribution in [0.25, 0.3) is 143 Å². The third-order valence-corrected chi connectivity index (χ3v) is 14.5. The SMILES string of the molecule is c1ccc(-c2nc(-c3cccc4ccc(-n5c6ccccc6c6cc7cc(-n8c9ccccc9c9c%10ccccc%10ccc98)ccc7cc65)cc34)nc(-c3cccc4c3ccc3ccccc34)n2)cc1. The number of hydrogen-bond acceptors (Lipinski definition) is 3. The van der Waals surface area contributed by atoms with Gasteiger partial charge in [-0.3, -0.25) is 0 Å². The molecule has 15 rings (SSSR count). The molecule has 0 N–H and O–H groups in total. The molecule has 3 heterocycles. The zero-order valence-corrected chi connectivity index (χ0v) is 37.8. The standard InChI is InChI=1S/C65H39N5/c1-2-16-43(17-3-1)63-66-64(53-25-13-23-50-48-19-6-4-14-40(48)30-34-51(50)53)68-65(67-63)54-24-12-18-42-28-32-47(39-56(42)54)70-58-26-10-8-21-52(58)57-37-45-36-46(33-29-44(45)38-61(57)70)69-59-27-11-9-22-55(59)62-49-20-7-5-15-41(49)31-35-60(62)69/h1-39H. The molecular weight excluding hydrogens is 851 g/mol. The summed E-state index contributed by atoms with van der Waals surface area (Å²) in [5.41, 5.74) is 9.78. The van der Waals surface area contributed by atoms with Crippen LogP contribution in [0.4, 0.5) is 0 Å². The minimum absolute atomic E-state index is 0.629. The van der Waals surface area contributed by atoms with Crippen LogP contribution in [0, 0.1) is 0 Å². The summed E-state index contributed by atoms with van der Waals surface area (Å²) >= 11 is 0. The van der Waals surface area contributed by atoms with Gasteiger partial charge in [-0.1, -0.05) is 182 Å². The molecule has 0 amide bonds. The Morgan fingerprint density at radius 3 is 1.60 bits per heavy atom. The molecule has 0 spiro atoms. The second-order valence-corrected chi connectivity index (χ2v) is 18.4. The molecule has 70 heavy (non-hydrogen) atoms. The summed E-state index contributed by atoms with van der Waals surface area (Å²) in [5, 5.41) is 16.7. The average Bonchev–Trinajstić information content (AvgIpc) is 3.94. The molecule has 0 saturated carbocycles. The summed E-state index contributed by atoms with van der Waals surface area (Å²) in [5.74, 6) is 1.91. The van der Waals surface area contributed by atoms with Crippen molar-refractivity contribution in [2.45, 2.75) is 0 Å². The molecular formula is C65H39N5. The Kier molecular flexibility index (Phi) is 8.29. The van der Waals surface area contributed by atoms with Crippen LogP contribution in [0.1, 0.15) is 0 Å². The number of nitrogens with zero attached hydrogens (tertiary/aromatic N) is 5. The Balaban J connectivity index is 0.909. The maximum Gasteiger partial charge on any atom is 0.164 e. The van der Waals surface area contributed by atoms with Crippen LogP contribution in [0.5, 0.6) is 0 Å². The van der Waals surface area contributed by atoms with Gasteiger partial charge in [0.25, 0.3) is 0 Å². The second kappa shape index (κ2) is 15.0. The van der Waals surface area contributed by atoms with Gasteiger partial charge >= 0.3 is 0 Å². The molecule has 5 heteroatoms. The Bertz CT molecular complexity index is 4660. The molecule has 0 aliphatic heterocycles. The van der Waals surface area contributed by atoms with Gasteiger partial charge in [0, 0.05) is 49.6 Å². The predicted molar refractivity (Wildman–Crippen MR) is 292 cm³/mol. The molecule has 324 valence electrons. The van der Waals surface area contributed by atoms with E-state index in [1.54, 1.807) is 0 Å². The molecule has 0 unspecified atom stereocenters. The zero-order chi connectivity index (χ0) is 45.9. The van der Waals surface area contributed by atoms with Crippen LogP contribution in [-0.2, 0) is 0 Å². The van der Waals surface area contributed by atoms with Crippen molar-refractivity contribution in [3.05, 3.63) is 237 Å². The van der Waals surface area contributed by atoms with E-state index in [1.807, 2.05) is 18.2 Å². The van der Waals surface area contributed by atoms with Gasteiger partial charge in [-0.05, 0) is 108 Å². The highest BCUT2D eigenvalue weighted by atomic mass is 15.0. The molecule has 0 aliphatic rings. The lowest BCUT2D eigenvalue weighted by Crippen LogP contribution is -2.01. The van der Waals surface area contributed by atoms with Gasteiger partial charge in [0.1, 0.15) is 0 Å². The van der Waals surface area contributed by atoms with Crippen LogP contribution < -0.4 is 0 Å². The Morgan fingerprint density at radius 2 is 0.786 bits per heavy atom. The van der Waals surface area contributed by atoms with E-state index in [2.05, 4.69) is 228 Å². The van der Waals surface area contributed by atoms with E-state index in [0.29, 0.717) is 17.5 Å². The summed E-state index contributed by atoms with van der Waals surface area (Å²) in [4.78, 5) is 15.8. The molecule has 0 fully saturated rings. The lowest BCUT2D eigenvalue weighted by Gasteiger charge is -2.14. The zero-order valence-electron chi connectivity index (χ0n) is 37.8. The number of aromatic nitrogens is 5. The second-order valence-electron chi connectivity index (χ2n) is 18.4. The first-order valence-corrected chi connectivity index (χ1v) is 23.8. The molecule has 0 atom stereocenters. The van der Waals surface area contributed by atoms with Gasteiger partial charge in [-0.2, -0.15) is 0 Å². The lowest BCUT2D eigenvalue weighted by atomic mass is 9.98. The molecule has 0 bridgehead atoms. The number of rotatable bonds is 5. The fourth-order valence-corrected chi connectivity index (χ4v) is 11.3. The van der Waals surface area contributed by atoms with Crippen molar-refractivity contribution in [2.75, 3.05) is 0 Å². The van der Waals surface area contributed by atoms with Crippen LogP contribution in [0.2, 0.25) is 0 Å². The predicted octanol–water partition coefficient (Wildman–Crippen LogP) is 16.8. The average molecular weight is 890 g/mol. The van der Waals surface area contributed by atoms with Crippen LogP contribution >= 0.6 is 0 Å². The Labute approximate surface area is 401 Å². The molecule has 3 aromatic heterocycles. The first kappa shape index (κ1) is 38.6. The summed E-state index contributed by atoms with van der Waals surface area (Å²) < 4.78 is 4.85. The maximum atomic E-state index is 5.35. The fraction of sp³-hybridized carbons (Fsp3) is 0. The van der Waals surface area contributed by atoms with Crippen molar-refractivity contribution in [1.29, 1.82) is 0 Å². The van der Waals surface area contributed by atoms with E-state index in [-0.39, 0.29) is 0 Å². The van der Waals surface area contributed by atoms with Crippen molar-refractivity contribution < 1.29 is 0 Å². The third-order valence-electron chi connectivity index (χ3n) is 14.5. The van der Waals surface area contributed by atoms with E-state index in [9.17, 15) is 0 Å². The van der Waals surface area contributed by atoms with Crippen molar-refractivity contribution in [1.82, 2.24) is 24.1 Å². The summed E-state index contributed by atoms with van der Waals surface area (Å²) in [6.45, 7) is 0.